The Balaban J connectivity index is 2.31. The molecule has 3 rings (SSSR count). The summed E-state index contributed by atoms with van der Waals surface area (Å²) in [5.74, 6) is 0.679. The lowest BCUT2D eigenvalue weighted by Crippen LogP contribution is -2.41. The first kappa shape index (κ1) is 17.1. The van der Waals surface area contributed by atoms with Gasteiger partial charge in [-0.2, -0.15) is 0 Å². The number of rotatable bonds is 2. The van der Waals surface area contributed by atoms with Gasteiger partial charge >= 0.3 is 0 Å². The second kappa shape index (κ2) is 5.37. The van der Waals surface area contributed by atoms with Crippen LogP contribution in [0.1, 0.15) is 53.9 Å². The molecule has 130 valence electrons. The van der Waals surface area contributed by atoms with Crippen molar-refractivity contribution in [2.45, 2.75) is 53.9 Å². The molecule has 0 aliphatic heterocycles. The van der Waals surface area contributed by atoms with Gasteiger partial charge in [-0.1, -0.05) is 41.0 Å². The Bertz CT molecular complexity index is 728. The van der Waals surface area contributed by atoms with Crippen LogP contribution in [-0.2, 0) is 9.53 Å². The molecule has 0 unspecified atom stereocenters. The van der Waals surface area contributed by atoms with E-state index in [1.165, 1.54) is 5.57 Å². The summed E-state index contributed by atoms with van der Waals surface area (Å²) in [6.45, 7) is 10.6. The number of Topliss-reactive ketones (excluding diaryl/α,β-unsaturated/α-hetero) is 1. The summed E-state index contributed by atoms with van der Waals surface area (Å²) in [5.41, 5.74) is 3.23. The Kier molecular flexibility index (Phi) is 3.82. The highest BCUT2D eigenvalue weighted by atomic mass is 16.5. The van der Waals surface area contributed by atoms with E-state index in [-0.39, 0.29) is 28.3 Å². The monoisotopic (exact) mass is 328 g/mol. The molecular weight excluding hydrogens is 300 g/mol. The number of carbonyl (C=O) groups is 1. The van der Waals surface area contributed by atoms with Crippen LogP contribution in [0.15, 0.2) is 46.0 Å². The lowest BCUT2D eigenvalue weighted by molar-refractivity contribution is -0.115. The van der Waals surface area contributed by atoms with Crippen LogP contribution in [0.3, 0.4) is 0 Å². The molecule has 3 aliphatic carbocycles. The Labute approximate surface area is 144 Å². The molecule has 0 heterocycles. The molecule has 0 bridgehead atoms. The number of hydrogen-bond donors (Lipinski definition) is 1. The number of aliphatic hydroxyl groups excluding tert-OH is 1. The first-order chi connectivity index (χ1) is 11.1. The second-order valence-electron chi connectivity index (χ2n) is 8.42. The second-order valence-corrected chi connectivity index (χ2v) is 8.42. The molecule has 0 saturated heterocycles. The number of hydrogen-bond acceptors (Lipinski definition) is 3. The molecule has 0 aromatic carbocycles. The van der Waals surface area contributed by atoms with Crippen molar-refractivity contribution in [1.29, 1.82) is 0 Å². The van der Waals surface area contributed by atoms with Crippen molar-refractivity contribution in [3.05, 3.63) is 46.0 Å². The Morgan fingerprint density at radius 2 is 1.83 bits per heavy atom. The largest absolute Gasteiger partial charge is 0.504 e. The van der Waals surface area contributed by atoms with Crippen molar-refractivity contribution in [2.24, 2.45) is 16.7 Å². The lowest BCUT2D eigenvalue weighted by Gasteiger charge is -2.50. The quantitative estimate of drug-likeness (QED) is 0.774. The van der Waals surface area contributed by atoms with Gasteiger partial charge in [-0.25, -0.2) is 0 Å². The van der Waals surface area contributed by atoms with Gasteiger partial charge in [0.1, 0.15) is 5.76 Å². The third-order valence-corrected chi connectivity index (χ3v) is 5.95. The molecule has 0 spiro atoms. The summed E-state index contributed by atoms with van der Waals surface area (Å²) in [5, 5.41) is 10.8. The fraction of sp³-hybridized carbons (Fsp3) is 0.571. The zero-order valence-electron chi connectivity index (χ0n) is 15.6. The van der Waals surface area contributed by atoms with Crippen molar-refractivity contribution in [2.75, 3.05) is 7.11 Å². The van der Waals surface area contributed by atoms with E-state index in [9.17, 15) is 9.90 Å². The normalized spacial score (nSPS) is 29.2. The Morgan fingerprint density at radius 3 is 2.42 bits per heavy atom. The summed E-state index contributed by atoms with van der Waals surface area (Å²) in [6.07, 6.45) is 7.04. The highest BCUT2D eigenvalue weighted by molar-refractivity contribution is 6.10. The van der Waals surface area contributed by atoms with Gasteiger partial charge in [-0.15, -0.1) is 0 Å². The molecule has 24 heavy (non-hydrogen) atoms. The molecular formula is C21H28O3. The molecule has 3 aliphatic rings. The van der Waals surface area contributed by atoms with Crippen LogP contribution in [0.2, 0.25) is 0 Å². The standard InChI is InChI=1S/C21H28O3/c1-12(2)14-10-13-11-15(24-6)19-20(3,4)8-7-9-21(19,5)16(13)18(23)17(14)22/h10-12,23H,7-9H2,1-6H3/t21-/m1/s1. The van der Waals surface area contributed by atoms with Crippen LogP contribution in [0.5, 0.6) is 0 Å². The summed E-state index contributed by atoms with van der Waals surface area (Å²) >= 11 is 0. The van der Waals surface area contributed by atoms with Gasteiger partial charge in [0.25, 0.3) is 0 Å². The minimum atomic E-state index is -0.351. The minimum absolute atomic E-state index is 0.0151. The van der Waals surface area contributed by atoms with E-state index in [1.54, 1.807) is 7.11 Å². The average molecular weight is 328 g/mol. The molecule has 0 radical (unpaired) electrons. The topological polar surface area (TPSA) is 46.5 Å². The summed E-state index contributed by atoms with van der Waals surface area (Å²) in [4.78, 5) is 12.7. The first-order valence-corrected chi connectivity index (χ1v) is 8.85. The van der Waals surface area contributed by atoms with E-state index in [2.05, 4.69) is 20.8 Å². The van der Waals surface area contributed by atoms with Gasteiger partial charge in [-0.05, 0) is 47.5 Å². The number of fused-ring (bicyclic) bond motifs is 3. The van der Waals surface area contributed by atoms with Crippen LogP contribution in [-0.4, -0.2) is 18.0 Å². The fourth-order valence-corrected chi connectivity index (χ4v) is 4.93. The lowest BCUT2D eigenvalue weighted by atomic mass is 9.54. The molecule has 1 N–H and O–H groups in total. The van der Waals surface area contributed by atoms with Gasteiger partial charge < -0.3 is 9.84 Å². The van der Waals surface area contributed by atoms with E-state index >= 15 is 0 Å². The van der Waals surface area contributed by atoms with Crippen LogP contribution < -0.4 is 0 Å². The molecule has 0 aromatic rings. The number of carbonyl (C=O) groups excluding carboxylic acids is 1. The smallest absolute Gasteiger partial charge is 0.223 e. The van der Waals surface area contributed by atoms with Crippen molar-refractivity contribution in [3.63, 3.8) is 0 Å². The Morgan fingerprint density at radius 1 is 1.17 bits per heavy atom. The number of methoxy groups -OCH3 is 1. The number of allylic oxidation sites excluding steroid dienone is 6. The Hall–Kier alpha value is -1.77. The van der Waals surface area contributed by atoms with Gasteiger partial charge in [0.05, 0.1) is 7.11 Å². The van der Waals surface area contributed by atoms with Gasteiger partial charge in [0.2, 0.25) is 5.78 Å². The minimum Gasteiger partial charge on any atom is -0.504 e. The average Bonchev–Trinajstić information content (AvgIpc) is 2.48. The third kappa shape index (κ3) is 2.21. The molecule has 0 amide bonds. The SMILES string of the molecule is COC1=C2C(C)(C)CCC[C@]2(C)C2=C(O)C(=O)C(C(C)C)=CC2=C1. The number of aliphatic hydroxyl groups is 1. The maximum Gasteiger partial charge on any atom is 0.223 e. The van der Waals surface area contributed by atoms with E-state index in [1.807, 2.05) is 26.0 Å². The van der Waals surface area contributed by atoms with E-state index in [0.29, 0.717) is 5.57 Å². The van der Waals surface area contributed by atoms with E-state index in [0.717, 1.165) is 36.2 Å². The molecule has 3 nitrogen and oxygen atoms in total. The van der Waals surface area contributed by atoms with Crippen molar-refractivity contribution >= 4 is 5.78 Å². The number of ketones is 1. The van der Waals surface area contributed by atoms with Gasteiger partial charge in [-0.3, -0.25) is 4.79 Å². The summed E-state index contributed by atoms with van der Waals surface area (Å²) < 4.78 is 5.75. The maximum atomic E-state index is 12.7. The third-order valence-electron chi connectivity index (χ3n) is 5.95. The number of ether oxygens (including phenoxy) is 1. The summed E-state index contributed by atoms with van der Waals surface area (Å²) in [6, 6.07) is 0. The molecule has 1 fully saturated rings. The van der Waals surface area contributed by atoms with Crippen molar-refractivity contribution < 1.29 is 14.6 Å². The van der Waals surface area contributed by atoms with Gasteiger partial charge in [0, 0.05) is 16.6 Å². The maximum absolute atomic E-state index is 12.7. The van der Waals surface area contributed by atoms with Crippen LogP contribution >= 0.6 is 0 Å². The molecule has 1 saturated carbocycles. The van der Waals surface area contributed by atoms with Crippen LogP contribution in [0.4, 0.5) is 0 Å². The van der Waals surface area contributed by atoms with Crippen LogP contribution in [0.25, 0.3) is 0 Å². The van der Waals surface area contributed by atoms with Crippen LogP contribution in [0, 0.1) is 16.7 Å². The van der Waals surface area contributed by atoms with E-state index in [4.69, 9.17) is 4.74 Å². The molecule has 0 aromatic heterocycles. The first-order valence-electron chi connectivity index (χ1n) is 8.85. The fourth-order valence-electron chi connectivity index (χ4n) is 4.93. The van der Waals surface area contributed by atoms with E-state index < -0.39 is 0 Å². The van der Waals surface area contributed by atoms with Gasteiger partial charge in [0.15, 0.2) is 5.76 Å². The highest BCUT2D eigenvalue weighted by Gasteiger charge is 2.51. The predicted molar refractivity (Wildman–Crippen MR) is 95.4 cm³/mol. The molecule has 1 atom stereocenters. The zero-order valence-corrected chi connectivity index (χ0v) is 15.6. The van der Waals surface area contributed by atoms with Crippen molar-refractivity contribution in [1.82, 2.24) is 0 Å². The summed E-state index contributed by atoms with van der Waals surface area (Å²) in [7, 11) is 1.71. The predicted octanol–water partition coefficient (Wildman–Crippen LogP) is 5.02. The highest BCUT2D eigenvalue weighted by Crippen LogP contribution is 2.60. The molecule has 3 heteroatoms. The van der Waals surface area contributed by atoms with Crippen molar-refractivity contribution in [3.8, 4) is 0 Å². The zero-order chi connectivity index (χ0) is 17.9.